The Kier molecular flexibility index (Phi) is 8.97. The second-order valence-electron chi connectivity index (χ2n) is 8.49. The van der Waals surface area contributed by atoms with Crippen molar-refractivity contribution in [3.63, 3.8) is 0 Å². The van der Waals surface area contributed by atoms with Gasteiger partial charge in [-0.05, 0) is 55.2 Å². The molecule has 3 rings (SSSR count). The Morgan fingerprint density at radius 1 is 1.09 bits per heavy atom. The van der Waals surface area contributed by atoms with E-state index in [0.29, 0.717) is 29.3 Å². The molecule has 2 aromatic rings. The smallest absolute Gasteiger partial charge is 0.328 e. The number of likely N-dealkylation sites (tertiary alicyclic amines) is 1. The topological polar surface area (TPSA) is 83.9 Å². The van der Waals surface area contributed by atoms with Crippen molar-refractivity contribution in [2.45, 2.75) is 57.5 Å². The molecule has 1 fully saturated rings. The molecule has 1 saturated heterocycles. The van der Waals surface area contributed by atoms with Gasteiger partial charge in [0, 0.05) is 21.9 Å². The Hall–Kier alpha value is -2.57. The zero-order valence-corrected chi connectivity index (χ0v) is 20.8. The van der Waals surface area contributed by atoms with Gasteiger partial charge in [-0.1, -0.05) is 60.8 Å². The molecular formula is C26H29Cl2NO5. The highest BCUT2D eigenvalue weighted by atomic mass is 35.5. The number of halogens is 2. The number of nitrogens with zero attached hydrogens (tertiary/aromatic N) is 1. The number of hydrogen-bond donors (Lipinski definition) is 1. The minimum Gasteiger partial charge on any atom is -0.481 e. The van der Waals surface area contributed by atoms with Crippen LogP contribution >= 0.6 is 23.2 Å². The van der Waals surface area contributed by atoms with E-state index in [-0.39, 0.29) is 24.9 Å². The predicted octanol–water partition coefficient (Wildman–Crippen LogP) is 5.87. The van der Waals surface area contributed by atoms with Crippen molar-refractivity contribution in [2.75, 3.05) is 6.61 Å². The molecule has 0 unspecified atom stereocenters. The van der Waals surface area contributed by atoms with Crippen molar-refractivity contribution in [3.8, 4) is 0 Å². The number of hydrogen-bond acceptors (Lipinski definition) is 4. The van der Waals surface area contributed by atoms with E-state index in [4.69, 9.17) is 27.9 Å². The molecule has 8 heteroatoms. The first kappa shape index (κ1) is 26.0. The third-order valence-electron chi connectivity index (χ3n) is 6.19. The van der Waals surface area contributed by atoms with Crippen molar-refractivity contribution >= 4 is 41.0 Å². The van der Waals surface area contributed by atoms with Gasteiger partial charge in [0.15, 0.2) is 0 Å². The van der Waals surface area contributed by atoms with Crippen molar-refractivity contribution in [1.82, 2.24) is 4.90 Å². The van der Waals surface area contributed by atoms with Gasteiger partial charge in [-0.2, -0.15) is 0 Å². The monoisotopic (exact) mass is 505 g/mol. The highest BCUT2D eigenvalue weighted by molar-refractivity contribution is 6.30. The SMILES string of the molecule is CCC[C@@H](C(=O)OCC)N1C(=O)[C@@H](CC(=O)O)C[C@H](c2cccc(Cl)c2)[C@H]1c1ccc(Cl)cc1. The van der Waals surface area contributed by atoms with Crippen molar-refractivity contribution in [2.24, 2.45) is 5.92 Å². The summed E-state index contributed by atoms with van der Waals surface area (Å²) >= 11 is 12.4. The molecule has 0 radical (unpaired) electrons. The summed E-state index contributed by atoms with van der Waals surface area (Å²) in [6.45, 7) is 3.84. The number of carbonyl (C=O) groups excluding carboxylic acids is 2. The molecule has 1 heterocycles. The largest absolute Gasteiger partial charge is 0.481 e. The number of ether oxygens (including phenoxy) is 1. The van der Waals surface area contributed by atoms with Gasteiger partial charge in [-0.3, -0.25) is 9.59 Å². The van der Waals surface area contributed by atoms with Crippen LogP contribution in [0, 0.1) is 5.92 Å². The van der Waals surface area contributed by atoms with Crippen LogP contribution in [0.4, 0.5) is 0 Å². The summed E-state index contributed by atoms with van der Waals surface area (Å²) in [5.74, 6) is -2.96. The number of esters is 1. The summed E-state index contributed by atoms with van der Waals surface area (Å²) in [4.78, 5) is 40.0. The second-order valence-corrected chi connectivity index (χ2v) is 9.36. The molecule has 4 atom stereocenters. The van der Waals surface area contributed by atoms with Gasteiger partial charge in [-0.15, -0.1) is 0 Å². The quantitative estimate of drug-likeness (QED) is 0.430. The van der Waals surface area contributed by atoms with Crippen molar-refractivity contribution in [3.05, 3.63) is 69.7 Å². The second kappa shape index (κ2) is 11.7. The van der Waals surface area contributed by atoms with Crippen LogP contribution in [-0.2, 0) is 19.1 Å². The van der Waals surface area contributed by atoms with E-state index in [2.05, 4.69) is 0 Å². The number of benzene rings is 2. The van der Waals surface area contributed by atoms with Crippen LogP contribution < -0.4 is 0 Å². The van der Waals surface area contributed by atoms with Gasteiger partial charge in [0.2, 0.25) is 5.91 Å². The van der Waals surface area contributed by atoms with Gasteiger partial charge in [0.1, 0.15) is 6.04 Å². The van der Waals surface area contributed by atoms with Crippen LogP contribution in [0.3, 0.4) is 0 Å². The fourth-order valence-corrected chi connectivity index (χ4v) is 5.12. The van der Waals surface area contributed by atoms with E-state index in [0.717, 1.165) is 11.1 Å². The fourth-order valence-electron chi connectivity index (χ4n) is 4.80. The average molecular weight is 506 g/mol. The van der Waals surface area contributed by atoms with Gasteiger partial charge in [-0.25, -0.2) is 4.79 Å². The molecule has 0 aliphatic carbocycles. The van der Waals surface area contributed by atoms with E-state index in [9.17, 15) is 19.5 Å². The number of piperidine rings is 1. The molecule has 1 amide bonds. The van der Waals surface area contributed by atoms with E-state index in [1.54, 1.807) is 30.0 Å². The molecule has 1 N–H and O–H groups in total. The molecule has 2 aromatic carbocycles. The minimum absolute atomic E-state index is 0.183. The third kappa shape index (κ3) is 5.91. The average Bonchev–Trinajstić information content (AvgIpc) is 2.79. The maximum Gasteiger partial charge on any atom is 0.328 e. The van der Waals surface area contributed by atoms with E-state index >= 15 is 0 Å². The van der Waals surface area contributed by atoms with Crippen LogP contribution in [-0.4, -0.2) is 40.5 Å². The minimum atomic E-state index is -1.06. The molecule has 0 saturated carbocycles. The molecule has 0 spiro atoms. The van der Waals surface area contributed by atoms with Crippen molar-refractivity contribution in [1.29, 1.82) is 0 Å². The van der Waals surface area contributed by atoms with Crippen LogP contribution in [0.2, 0.25) is 10.0 Å². The Morgan fingerprint density at radius 3 is 2.38 bits per heavy atom. The summed E-state index contributed by atoms with van der Waals surface area (Å²) < 4.78 is 5.35. The van der Waals surface area contributed by atoms with E-state index < -0.39 is 29.9 Å². The number of aliphatic carboxylic acids is 1. The molecule has 1 aliphatic rings. The lowest BCUT2D eigenvalue weighted by Gasteiger charge is -2.47. The zero-order chi connectivity index (χ0) is 24.8. The molecule has 0 bridgehead atoms. The van der Waals surface area contributed by atoms with Crippen LogP contribution in [0.1, 0.15) is 62.6 Å². The number of amides is 1. The number of carboxylic acids is 1. The maximum atomic E-state index is 13.8. The Bertz CT molecular complexity index is 1030. The Morgan fingerprint density at radius 2 is 1.79 bits per heavy atom. The van der Waals surface area contributed by atoms with Gasteiger partial charge < -0.3 is 14.7 Å². The lowest BCUT2D eigenvalue weighted by molar-refractivity contribution is -0.164. The van der Waals surface area contributed by atoms with Crippen molar-refractivity contribution < 1.29 is 24.2 Å². The molecule has 182 valence electrons. The fraction of sp³-hybridized carbons (Fsp3) is 0.423. The lowest BCUT2D eigenvalue weighted by atomic mass is 9.74. The summed E-state index contributed by atoms with van der Waals surface area (Å²) in [7, 11) is 0. The first-order valence-electron chi connectivity index (χ1n) is 11.5. The number of rotatable bonds is 9. The van der Waals surface area contributed by atoms with Gasteiger partial charge in [0.25, 0.3) is 0 Å². The van der Waals surface area contributed by atoms with E-state index in [1.807, 2.05) is 37.3 Å². The lowest BCUT2D eigenvalue weighted by Crippen LogP contribution is -2.54. The summed E-state index contributed by atoms with van der Waals surface area (Å²) in [5.41, 5.74) is 1.68. The molecule has 34 heavy (non-hydrogen) atoms. The summed E-state index contributed by atoms with van der Waals surface area (Å²) in [6.07, 6.45) is 1.04. The normalized spacial score (nSPS) is 21.2. The summed E-state index contributed by atoms with van der Waals surface area (Å²) in [5, 5.41) is 10.6. The first-order valence-corrected chi connectivity index (χ1v) is 12.2. The highest BCUT2D eigenvalue weighted by Crippen LogP contribution is 2.47. The standard InChI is InChI=1S/C26H29Cl2NO5/c1-3-6-22(26(33)34-4-2)29-24(16-9-11-19(27)12-10-16)21(17-7-5-8-20(28)13-17)14-18(25(29)32)15-23(30)31/h5,7-13,18,21-22,24H,3-4,6,14-15H2,1-2H3,(H,30,31)/t18-,21-,22+,24-/m1/s1. The predicted molar refractivity (Wildman–Crippen MR) is 131 cm³/mol. The highest BCUT2D eigenvalue weighted by Gasteiger charge is 2.48. The van der Waals surface area contributed by atoms with Crippen LogP contribution in [0.5, 0.6) is 0 Å². The zero-order valence-electron chi connectivity index (χ0n) is 19.2. The molecule has 6 nitrogen and oxygen atoms in total. The molecule has 0 aromatic heterocycles. The van der Waals surface area contributed by atoms with Crippen LogP contribution in [0.25, 0.3) is 0 Å². The van der Waals surface area contributed by atoms with Gasteiger partial charge in [0.05, 0.1) is 19.1 Å². The third-order valence-corrected chi connectivity index (χ3v) is 6.68. The number of carbonyl (C=O) groups is 3. The number of carboxylic acid groups (broad SMARTS) is 1. The Balaban J connectivity index is 2.21. The molecule has 1 aliphatic heterocycles. The summed E-state index contributed by atoms with van der Waals surface area (Å²) in [6, 6.07) is 13.2. The van der Waals surface area contributed by atoms with E-state index in [1.165, 1.54) is 0 Å². The molecular weight excluding hydrogens is 477 g/mol. The Labute approximate surface area is 209 Å². The first-order chi connectivity index (χ1) is 16.3. The van der Waals surface area contributed by atoms with Gasteiger partial charge >= 0.3 is 11.9 Å². The van der Waals surface area contributed by atoms with Crippen LogP contribution in [0.15, 0.2) is 48.5 Å². The maximum absolute atomic E-state index is 13.8.